The van der Waals surface area contributed by atoms with E-state index in [0.717, 1.165) is 19.2 Å². The van der Waals surface area contributed by atoms with Crippen LogP contribution in [0.15, 0.2) is 24.3 Å². The number of carbonyl (C=O) groups excluding carboxylic acids is 1. The minimum Gasteiger partial charge on any atom is -0.465 e. The molecule has 34 heavy (non-hydrogen) atoms. The Bertz CT molecular complexity index is 991. The highest BCUT2D eigenvalue weighted by atomic mass is 31.2. The molecule has 12 heteroatoms. The van der Waals surface area contributed by atoms with Gasteiger partial charge in [-0.25, -0.2) is 4.79 Å². The van der Waals surface area contributed by atoms with Gasteiger partial charge in [0, 0.05) is 14.2 Å². The summed E-state index contributed by atoms with van der Waals surface area (Å²) >= 11 is 0. The maximum atomic E-state index is 13.5. The molecule has 2 aromatic rings. The Morgan fingerprint density at radius 2 is 1.59 bits per heavy atom. The first-order valence-electron chi connectivity index (χ1n) is 10.2. The van der Waals surface area contributed by atoms with Crippen molar-refractivity contribution in [3.05, 3.63) is 46.8 Å². The molecule has 0 fully saturated rings. The van der Waals surface area contributed by atoms with E-state index in [-0.39, 0.29) is 59.8 Å². The van der Waals surface area contributed by atoms with Crippen LogP contribution < -0.4 is 5.30 Å². The SMILES string of the molecule is COCCO[P+](O)(OCCOC)c1c(C)nc(C)c(C(=O)OC)c1-c1cccc(C(F)(F)F)c1. The number of aromatic nitrogens is 1. The van der Waals surface area contributed by atoms with Gasteiger partial charge < -0.3 is 14.2 Å². The molecule has 0 bridgehead atoms. The zero-order chi connectivity index (χ0) is 25.5. The topological polar surface area (TPSA) is 96.3 Å². The van der Waals surface area contributed by atoms with E-state index in [9.17, 15) is 22.9 Å². The Kier molecular flexibility index (Phi) is 9.93. The van der Waals surface area contributed by atoms with Crippen molar-refractivity contribution in [2.24, 2.45) is 0 Å². The third-order valence-corrected chi connectivity index (χ3v) is 6.96. The van der Waals surface area contributed by atoms with Gasteiger partial charge >= 0.3 is 20.1 Å². The standard InChI is InChI=1S/C22H28F3NO7P/c1-14-18(21(27)31-5)19(16-7-6-8-17(13-16)22(23,24)25)20(15(2)26-14)34(28,32-11-9-29-3)33-12-10-30-4/h6-8,13,28H,9-12H2,1-5H3/q+1. The number of alkyl halides is 3. The number of esters is 1. The average Bonchev–Trinajstić information content (AvgIpc) is 2.78. The number of carbonyl (C=O) groups is 1. The van der Waals surface area contributed by atoms with Gasteiger partial charge in [-0.1, -0.05) is 12.1 Å². The van der Waals surface area contributed by atoms with Gasteiger partial charge in [0.15, 0.2) is 0 Å². The molecular weight excluding hydrogens is 478 g/mol. The predicted octanol–water partition coefficient (Wildman–Crippen LogP) is 3.88. The Balaban J connectivity index is 2.89. The Labute approximate surface area is 196 Å². The Hall–Kier alpha value is -2.14. The molecule has 2 rings (SSSR count). The summed E-state index contributed by atoms with van der Waals surface area (Å²) in [5, 5.41) is -0.0231. The lowest BCUT2D eigenvalue weighted by Gasteiger charge is -2.23. The van der Waals surface area contributed by atoms with Crippen LogP contribution in [0.1, 0.15) is 27.3 Å². The van der Waals surface area contributed by atoms with E-state index < -0.39 is 25.7 Å². The first-order chi connectivity index (χ1) is 16.0. The quantitative estimate of drug-likeness (QED) is 0.279. The van der Waals surface area contributed by atoms with Gasteiger partial charge in [0.1, 0.15) is 13.2 Å². The molecule has 188 valence electrons. The number of aryl methyl sites for hydroxylation is 2. The van der Waals surface area contributed by atoms with E-state index in [0.29, 0.717) is 0 Å². The second kappa shape index (κ2) is 12.0. The monoisotopic (exact) mass is 506 g/mol. The molecule has 0 unspecified atom stereocenters. The number of rotatable bonds is 11. The van der Waals surface area contributed by atoms with Crippen molar-refractivity contribution < 1.29 is 46.1 Å². The highest BCUT2D eigenvalue weighted by molar-refractivity contribution is 7.69. The van der Waals surface area contributed by atoms with Crippen molar-refractivity contribution in [3.63, 3.8) is 0 Å². The first-order valence-corrected chi connectivity index (χ1v) is 11.7. The fourth-order valence-electron chi connectivity index (χ4n) is 3.33. The summed E-state index contributed by atoms with van der Waals surface area (Å²) in [6.45, 7) is 3.11. The van der Waals surface area contributed by atoms with E-state index in [1.54, 1.807) is 6.92 Å². The van der Waals surface area contributed by atoms with Crippen molar-refractivity contribution in [3.8, 4) is 11.1 Å². The molecule has 0 saturated heterocycles. The fourth-order valence-corrected chi connectivity index (χ4v) is 5.28. The molecule has 0 aliphatic rings. The number of ether oxygens (including phenoxy) is 3. The molecule has 1 aromatic heterocycles. The summed E-state index contributed by atoms with van der Waals surface area (Å²) < 4.78 is 66.7. The second-order valence-corrected chi connectivity index (χ2v) is 9.13. The van der Waals surface area contributed by atoms with Crippen LogP contribution in [0.25, 0.3) is 11.1 Å². The first kappa shape index (κ1) is 28.1. The third-order valence-electron chi connectivity index (χ3n) is 4.78. The minimum atomic E-state index is -4.63. The third kappa shape index (κ3) is 6.50. The maximum absolute atomic E-state index is 13.5. The van der Waals surface area contributed by atoms with Gasteiger partial charge in [-0.05, 0) is 31.5 Å². The number of hydrogen-bond donors (Lipinski definition) is 1. The van der Waals surface area contributed by atoms with Gasteiger partial charge in [-0.2, -0.15) is 27.1 Å². The molecule has 0 spiro atoms. The lowest BCUT2D eigenvalue weighted by Crippen LogP contribution is -2.28. The predicted molar refractivity (Wildman–Crippen MR) is 120 cm³/mol. The molecule has 0 saturated carbocycles. The second-order valence-electron chi connectivity index (χ2n) is 7.12. The lowest BCUT2D eigenvalue weighted by atomic mass is 9.96. The summed E-state index contributed by atoms with van der Waals surface area (Å²) in [6, 6.07) is 4.41. The maximum Gasteiger partial charge on any atom is 0.448 e. The van der Waals surface area contributed by atoms with Crippen LogP contribution in [-0.2, 0) is 29.4 Å². The molecule has 0 aliphatic carbocycles. The number of hydrogen-bond acceptors (Lipinski definition) is 8. The number of halogens is 3. The zero-order valence-corrected chi connectivity index (χ0v) is 20.5. The highest BCUT2D eigenvalue weighted by Crippen LogP contribution is 2.58. The van der Waals surface area contributed by atoms with Crippen LogP contribution in [-0.4, -0.2) is 63.6 Å². The van der Waals surface area contributed by atoms with Crippen molar-refractivity contribution in [2.75, 3.05) is 47.8 Å². The van der Waals surface area contributed by atoms with E-state index in [1.807, 2.05) is 0 Å². The lowest BCUT2D eigenvalue weighted by molar-refractivity contribution is -0.137. The summed E-state index contributed by atoms with van der Waals surface area (Å²) in [7, 11) is 0.0340. The molecule has 1 heterocycles. The zero-order valence-electron chi connectivity index (χ0n) is 19.6. The summed E-state index contributed by atoms with van der Waals surface area (Å²) in [4.78, 5) is 28.7. The van der Waals surface area contributed by atoms with Crippen LogP contribution in [0.2, 0.25) is 0 Å². The van der Waals surface area contributed by atoms with Crippen molar-refractivity contribution >= 4 is 19.2 Å². The summed E-state index contributed by atoms with van der Waals surface area (Å²) in [5.41, 5.74) is -0.589. The highest BCUT2D eigenvalue weighted by Gasteiger charge is 2.50. The van der Waals surface area contributed by atoms with Gasteiger partial charge in [0.05, 0.1) is 48.4 Å². The average molecular weight is 506 g/mol. The van der Waals surface area contributed by atoms with Crippen LogP contribution in [0.3, 0.4) is 0 Å². The molecule has 0 amide bonds. The number of nitrogens with zero attached hydrogens (tertiary/aromatic N) is 1. The number of pyridine rings is 1. The molecule has 0 atom stereocenters. The summed E-state index contributed by atoms with van der Waals surface area (Å²) in [6.07, 6.45) is -4.63. The number of methoxy groups -OCH3 is 3. The smallest absolute Gasteiger partial charge is 0.448 e. The van der Waals surface area contributed by atoms with Gasteiger partial charge in [0.25, 0.3) is 0 Å². The van der Waals surface area contributed by atoms with Crippen LogP contribution in [0.4, 0.5) is 13.2 Å². The van der Waals surface area contributed by atoms with Crippen LogP contribution in [0.5, 0.6) is 0 Å². The van der Waals surface area contributed by atoms with Crippen LogP contribution in [0, 0.1) is 13.8 Å². The fraction of sp³-hybridized carbons (Fsp3) is 0.455. The molecule has 1 N–H and O–H groups in total. The van der Waals surface area contributed by atoms with E-state index in [2.05, 4.69) is 4.98 Å². The molecular formula is C22H28F3NO7P+. The van der Waals surface area contributed by atoms with Crippen molar-refractivity contribution in [1.29, 1.82) is 0 Å². The van der Waals surface area contributed by atoms with Gasteiger partial charge in [-0.15, -0.1) is 0 Å². The van der Waals surface area contributed by atoms with Crippen molar-refractivity contribution in [2.45, 2.75) is 20.0 Å². The summed E-state index contributed by atoms with van der Waals surface area (Å²) in [5.74, 6) is -0.834. The molecule has 8 nitrogen and oxygen atoms in total. The normalized spacial score (nSPS) is 12.1. The number of benzene rings is 1. The van der Waals surface area contributed by atoms with E-state index >= 15 is 0 Å². The van der Waals surface area contributed by atoms with Gasteiger partial charge in [0.2, 0.25) is 5.30 Å². The molecule has 0 radical (unpaired) electrons. The minimum absolute atomic E-state index is 0.00591. The van der Waals surface area contributed by atoms with E-state index in [4.69, 9.17) is 23.3 Å². The van der Waals surface area contributed by atoms with Crippen molar-refractivity contribution in [1.82, 2.24) is 4.98 Å². The largest absolute Gasteiger partial charge is 0.465 e. The molecule has 0 aliphatic heterocycles. The van der Waals surface area contributed by atoms with E-state index in [1.165, 1.54) is 33.3 Å². The Morgan fingerprint density at radius 3 is 2.09 bits per heavy atom. The molecule has 1 aromatic carbocycles. The Morgan fingerprint density at radius 1 is 1.00 bits per heavy atom. The van der Waals surface area contributed by atoms with Gasteiger partial charge in [-0.3, -0.25) is 4.98 Å². The van der Waals surface area contributed by atoms with Crippen LogP contribution >= 0.6 is 7.94 Å².